The molecule has 1 saturated heterocycles. The minimum Gasteiger partial charge on any atom is -0.343 e. The summed E-state index contributed by atoms with van der Waals surface area (Å²) in [5.74, 6) is -0.701. The lowest BCUT2D eigenvalue weighted by Crippen LogP contribution is -2.52. The van der Waals surface area contributed by atoms with Gasteiger partial charge in [0.25, 0.3) is 5.91 Å². The first kappa shape index (κ1) is 20.8. The van der Waals surface area contributed by atoms with Crippen LogP contribution in [0.15, 0.2) is 29.2 Å². The van der Waals surface area contributed by atoms with Crippen molar-refractivity contribution < 1.29 is 22.8 Å². The molecule has 1 N–H and O–H groups in total. The van der Waals surface area contributed by atoms with Crippen LogP contribution in [-0.4, -0.2) is 87.1 Å². The maximum absolute atomic E-state index is 12.2. The van der Waals surface area contributed by atoms with Crippen molar-refractivity contribution in [2.24, 2.45) is 0 Å². The largest absolute Gasteiger partial charge is 0.343 e. The molecule has 0 spiro atoms. The standard InChI is InChI=1S/C17H24N4O5S/c1-13(22)20-8-10-21(11-9-20)16(23)12-18-17(24)14-4-6-15(7-5-14)27(25,26)19(2)3/h4-7H,8-12H2,1-3H3,(H,18,24). The van der Waals surface area contributed by atoms with Crippen LogP contribution in [0.2, 0.25) is 0 Å². The summed E-state index contributed by atoms with van der Waals surface area (Å²) in [5.41, 5.74) is 0.266. The number of rotatable bonds is 5. The van der Waals surface area contributed by atoms with E-state index >= 15 is 0 Å². The number of carbonyl (C=O) groups excluding carboxylic acids is 3. The molecule has 1 aliphatic heterocycles. The van der Waals surface area contributed by atoms with E-state index in [0.29, 0.717) is 26.2 Å². The van der Waals surface area contributed by atoms with Crippen LogP contribution in [0.4, 0.5) is 0 Å². The van der Waals surface area contributed by atoms with Crippen LogP contribution < -0.4 is 5.32 Å². The predicted octanol–water partition coefficient (Wildman–Crippen LogP) is -0.643. The Labute approximate surface area is 159 Å². The second-order valence-corrected chi connectivity index (χ2v) is 8.53. The molecule has 0 saturated carbocycles. The van der Waals surface area contributed by atoms with Crippen LogP contribution >= 0.6 is 0 Å². The molecule has 9 nitrogen and oxygen atoms in total. The van der Waals surface area contributed by atoms with Gasteiger partial charge in [-0.25, -0.2) is 12.7 Å². The number of amides is 3. The van der Waals surface area contributed by atoms with Gasteiger partial charge in [-0.15, -0.1) is 0 Å². The highest BCUT2D eigenvalue weighted by Crippen LogP contribution is 2.14. The molecule has 0 aromatic heterocycles. The summed E-state index contributed by atoms with van der Waals surface area (Å²) >= 11 is 0. The monoisotopic (exact) mass is 396 g/mol. The third-order valence-electron chi connectivity index (χ3n) is 4.37. The summed E-state index contributed by atoms with van der Waals surface area (Å²) in [7, 11) is -0.701. The second kappa shape index (κ2) is 8.49. The molecular formula is C17H24N4O5S. The molecule has 1 aromatic rings. The van der Waals surface area contributed by atoms with Crippen LogP contribution in [0.1, 0.15) is 17.3 Å². The first-order valence-electron chi connectivity index (χ1n) is 8.47. The van der Waals surface area contributed by atoms with Crippen LogP contribution in [0, 0.1) is 0 Å². The highest BCUT2D eigenvalue weighted by atomic mass is 32.2. The molecule has 148 valence electrons. The molecule has 3 amide bonds. The van der Waals surface area contributed by atoms with E-state index in [2.05, 4.69) is 5.32 Å². The lowest BCUT2D eigenvalue weighted by Gasteiger charge is -2.34. The summed E-state index contributed by atoms with van der Waals surface area (Å²) < 4.78 is 25.1. The Hall–Kier alpha value is -2.46. The van der Waals surface area contributed by atoms with Gasteiger partial charge in [-0.2, -0.15) is 0 Å². The molecule has 0 radical (unpaired) electrons. The van der Waals surface area contributed by atoms with E-state index in [-0.39, 0.29) is 28.8 Å². The normalized spacial score (nSPS) is 15.0. The maximum atomic E-state index is 12.2. The lowest BCUT2D eigenvalue weighted by atomic mass is 10.2. The van der Waals surface area contributed by atoms with Gasteiger partial charge in [0, 0.05) is 52.8 Å². The van der Waals surface area contributed by atoms with Crippen LogP contribution in [0.5, 0.6) is 0 Å². The molecule has 0 atom stereocenters. The quantitative estimate of drug-likeness (QED) is 0.712. The minimum absolute atomic E-state index is 0.0184. The molecule has 1 aromatic carbocycles. The SMILES string of the molecule is CC(=O)N1CCN(C(=O)CNC(=O)c2ccc(S(=O)(=O)N(C)C)cc2)CC1. The fraction of sp³-hybridized carbons (Fsp3) is 0.471. The molecule has 1 fully saturated rings. The number of nitrogens with zero attached hydrogens (tertiary/aromatic N) is 3. The van der Waals surface area contributed by atoms with Gasteiger partial charge < -0.3 is 15.1 Å². The summed E-state index contributed by atoms with van der Waals surface area (Å²) in [6.07, 6.45) is 0. The van der Waals surface area contributed by atoms with Crippen molar-refractivity contribution in [2.45, 2.75) is 11.8 Å². The van der Waals surface area contributed by atoms with E-state index < -0.39 is 15.9 Å². The van der Waals surface area contributed by atoms with E-state index in [4.69, 9.17) is 0 Å². The van der Waals surface area contributed by atoms with Gasteiger partial charge in [0.1, 0.15) is 0 Å². The zero-order valence-corrected chi connectivity index (χ0v) is 16.5. The first-order chi connectivity index (χ1) is 12.6. The molecule has 27 heavy (non-hydrogen) atoms. The van der Waals surface area contributed by atoms with Crippen molar-refractivity contribution in [2.75, 3.05) is 46.8 Å². The Balaban J connectivity index is 1.89. The number of nitrogens with one attached hydrogen (secondary N) is 1. The van der Waals surface area contributed by atoms with Crippen LogP contribution in [-0.2, 0) is 19.6 Å². The van der Waals surface area contributed by atoms with E-state index in [1.807, 2.05) is 0 Å². The van der Waals surface area contributed by atoms with E-state index in [9.17, 15) is 22.8 Å². The van der Waals surface area contributed by atoms with Crippen LogP contribution in [0.25, 0.3) is 0 Å². The molecular weight excluding hydrogens is 372 g/mol. The molecule has 10 heteroatoms. The smallest absolute Gasteiger partial charge is 0.251 e. The van der Waals surface area contributed by atoms with Crippen molar-refractivity contribution in [3.05, 3.63) is 29.8 Å². The minimum atomic E-state index is -3.56. The van der Waals surface area contributed by atoms with Crippen LogP contribution in [0.3, 0.4) is 0 Å². The zero-order chi connectivity index (χ0) is 20.2. The first-order valence-corrected chi connectivity index (χ1v) is 9.91. The Morgan fingerprint density at radius 2 is 1.52 bits per heavy atom. The predicted molar refractivity (Wildman–Crippen MR) is 98.5 cm³/mol. The van der Waals surface area contributed by atoms with Gasteiger partial charge in [-0.3, -0.25) is 14.4 Å². The van der Waals surface area contributed by atoms with Gasteiger partial charge >= 0.3 is 0 Å². The zero-order valence-electron chi connectivity index (χ0n) is 15.6. The highest BCUT2D eigenvalue weighted by molar-refractivity contribution is 7.89. The molecule has 0 aliphatic carbocycles. The van der Waals surface area contributed by atoms with Crippen molar-refractivity contribution >= 4 is 27.7 Å². The molecule has 1 aliphatic rings. The lowest BCUT2D eigenvalue weighted by molar-refractivity contribution is -0.137. The van der Waals surface area contributed by atoms with Gasteiger partial charge in [0.15, 0.2) is 0 Å². The van der Waals surface area contributed by atoms with E-state index in [1.54, 1.807) is 9.80 Å². The summed E-state index contributed by atoms with van der Waals surface area (Å²) in [4.78, 5) is 39.0. The van der Waals surface area contributed by atoms with Gasteiger partial charge in [-0.05, 0) is 24.3 Å². The number of benzene rings is 1. The Bertz CT molecular complexity index is 812. The fourth-order valence-corrected chi connectivity index (χ4v) is 3.53. The molecule has 0 bridgehead atoms. The number of hydrogen-bond donors (Lipinski definition) is 1. The van der Waals surface area contributed by atoms with Crippen molar-refractivity contribution in [1.82, 2.24) is 19.4 Å². The van der Waals surface area contributed by atoms with Gasteiger partial charge in [-0.1, -0.05) is 0 Å². The number of hydrogen-bond acceptors (Lipinski definition) is 5. The average molecular weight is 396 g/mol. The fourth-order valence-electron chi connectivity index (χ4n) is 2.63. The summed E-state index contributed by atoms with van der Waals surface area (Å²) in [6, 6.07) is 5.52. The topological polar surface area (TPSA) is 107 Å². The van der Waals surface area contributed by atoms with E-state index in [1.165, 1.54) is 45.3 Å². The molecule has 2 rings (SSSR count). The van der Waals surface area contributed by atoms with Crippen molar-refractivity contribution in [3.63, 3.8) is 0 Å². The third kappa shape index (κ3) is 5.04. The Kier molecular flexibility index (Phi) is 6.55. The summed E-state index contributed by atoms with van der Waals surface area (Å²) in [5, 5.41) is 2.54. The maximum Gasteiger partial charge on any atom is 0.251 e. The highest BCUT2D eigenvalue weighted by Gasteiger charge is 2.23. The Morgan fingerprint density at radius 1 is 1.00 bits per heavy atom. The van der Waals surface area contributed by atoms with Crippen molar-refractivity contribution in [3.8, 4) is 0 Å². The molecule has 0 unspecified atom stereocenters. The molecule has 1 heterocycles. The number of sulfonamides is 1. The van der Waals surface area contributed by atoms with Gasteiger partial charge in [0.2, 0.25) is 21.8 Å². The Morgan fingerprint density at radius 3 is 2.00 bits per heavy atom. The number of piperazine rings is 1. The third-order valence-corrected chi connectivity index (χ3v) is 6.20. The second-order valence-electron chi connectivity index (χ2n) is 6.38. The number of carbonyl (C=O) groups is 3. The van der Waals surface area contributed by atoms with E-state index in [0.717, 1.165) is 4.31 Å². The van der Waals surface area contributed by atoms with Gasteiger partial charge in [0.05, 0.1) is 11.4 Å². The summed E-state index contributed by atoms with van der Waals surface area (Å²) in [6.45, 7) is 3.17. The van der Waals surface area contributed by atoms with Crippen molar-refractivity contribution in [1.29, 1.82) is 0 Å². The average Bonchev–Trinajstić information content (AvgIpc) is 2.65.